The van der Waals surface area contributed by atoms with Gasteiger partial charge >= 0.3 is 5.69 Å². The standard InChI is InChI=1S/C22H19F3N4O2/c1-13(2)10-28-21(30)19-20(29(22(28)31)16-6-4-15(23)5-7-16)26-12-27(19)11-14-3-8-17(24)18(25)9-14/h3-9,12-13H,10-11H2,1-2H3. The average molecular weight is 428 g/mol. The van der Waals surface area contributed by atoms with Gasteiger partial charge in [0.25, 0.3) is 5.56 Å². The molecular formula is C22H19F3N4O2. The molecule has 0 aliphatic carbocycles. The van der Waals surface area contributed by atoms with Gasteiger partial charge in [0.1, 0.15) is 5.82 Å². The summed E-state index contributed by atoms with van der Waals surface area (Å²) < 4.78 is 44.2. The Morgan fingerprint density at radius 2 is 1.68 bits per heavy atom. The van der Waals surface area contributed by atoms with Crippen LogP contribution in [0.15, 0.2) is 58.4 Å². The summed E-state index contributed by atoms with van der Waals surface area (Å²) in [6.07, 6.45) is 1.37. The van der Waals surface area contributed by atoms with Crippen molar-refractivity contribution in [2.24, 2.45) is 5.92 Å². The molecule has 6 nitrogen and oxygen atoms in total. The van der Waals surface area contributed by atoms with Crippen LogP contribution in [0.25, 0.3) is 16.9 Å². The van der Waals surface area contributed by atoms with Gasteiger partial charge in [-0.1, -0.05) is 19.9 Å². The van der Waals surface area contributed by atoms with E-state index < -0.39 is 28.7 Å². The molecule has 0 spiro atoms. The van der Waals surface area contributed by atoms with Crippen molar-refractivity contribution in [2.75, 3.05) is 0 Å². The Morgan fingerprint density at radius 3 is 2.32 bits per heavy atom. The molecule has 9 heteroatoms. The summed E-state index contributed by atoms with van der Waals surface area (Å²) in [7, 11) is 0. The van der Waals surface area contributed by atoms with Gasteiger partial charge in [-0.05, 0) is 47.9 Å². The summed E-state index contributed by atoms with van der Waals surface area (Å²) >= 11 is 0. The predicted molar refractivity (Wildman–Crippen MR) is 110 cm³/mol. The highest BCUT2D eigenvalue weighted by atomic mass is 19.2. The van der Waals surface area contributed by atoms with Crippen molar-refractivity contribution in [3.05, 3.63) is 92.6 Å². The highest BCUT2D eigenvalue weighted by molar-refractivity contribution is 5.72. The molecule has 31 heavy (non-hydrogen) atoms. The Bertz CT molecular complexity index is 1390. The second-order valence-electron chi connectivity index (χ2n) is 7.70. The SMILES string of the molecule is CC(C)Cn1c(=O)c2c(ncn2Cc2ccc(F)c(F)c2)n(-c2ccc(F)cc2)c1=O. The molecule has 0 saturated carbocycles. The van der Waals surface area contributed by atoms with Crippen molar-refractivity contribution in [3.63, 3.8) is 0 Å². The maximum absolute atomic E-state index is 13.6. The molecule has 0 unspecified atom stereocenters. The molecule has 0 aliphatic rings. The normalized spacial score (nSPS) is 11.5. The molecule has 4 aromatic rings. The number of benzene rings is 2. The Hall–Kier alpha value is -3.62. The van der Waals surface area contributed by atoms with Gasteiger partial charge in [-0.15, -0.1) is 0 Å². The number of aromatic nitrogens is 4. The van der Waals surface area contributed by atoms with Gasteiger partial charge < -0.3 is 4.57 Å². The van der Waals surface area contributed by atoms with E-state index in [2.05, 4.69) is 4.98 Å². The van der Waals surface area contributed by atoms with Gasteiger partial charge in [-0.3, -0.25) is 9.36 Å². The molecule has 0 fully saturated rings. The van der Waals surface area contributed by atoms with E-state index in [1.165, 1.54) is 45.8 Å². The highest BCUT2D eigenvalue weighted by Gasteiger charge is 2.20. The van der Waals surface area contributed by atoms with Gasteiger partial charge in [0.05, 0.1) is 12.0 Å². The molecule has 0 radical (unpaired) electrons. The predicted octanol–water partition coefficient (Wildman–Crippen LogP) is 3.47. The van der Waals surface area contributed by atoms with Crippen LogP contribution >= 0.6 is 0 Å². The Kier molecular flexibility index (Phi) is 5.26. The van der Waals surface area contributed by atoms with Crippen LogP contribution < -0.4 is 11.2 Å². The van der Waals surface area contributed by atoms with E-state index in [4.69, 9.17) is 0 Å². The maximum atomic E-state index is 13.6. The lowest BCUT2D eigenvalue weighted by Crippen LogP contribution is -2.41. The quantitative estimate of drug-likeness (QED) is 0.489. The first-order valence-corrected chi connectivity index (χ1v) is 9.67. The molecule has 0 amide bonds. The molecule has 0 atom stereocenters. The Labute approximate surface area is 174 Å². The molecule has 0 aliphatic heterocycles. The lowest BCUT2D eigenvalue weighted by atomic mass is 10.2. The summed E-state index contributed by atoms with van der Waals surface area (Å²) in [5.41, 5.74) is -0.110. The zero-order chi connectivity index (χ0) is 22.3. The molecular weight excluding hydrogens is 409 g/mol. The number of hydrogen-bond acceptors (Lipinski definition) is 3. The molecule has 0 saturated heterocycles. The molecule has 0 N–H and O–H groups in total. The van der Waals surface area contributed by atoms with Gasteiger partial charge in [0.2, 0.25) is 0 Å². The van der Waals surface area contributed by atoms with Crippen molar-refractivity contribution in [2.45, 2.75) is 26.9 Å². The van der Waals surface area contributed by atoms with E-state index in [-0.39, 0.29) is 30.2 Å². The summed E-state index contributed by atoms with van der Waals surface area (Å²) in [6.45, 7) is 3.96. The first kappa shape index (κ1) is 20.6. The lowest BCUT2D eigenvalue weighted by molar-refractivity contribution is 0.488. The third-order valence-electron chi connectivity index (χ3n) is 4.87. The van der Waals surface area contributed by atoms with Crippen LogP contribution in [0.2, 0.25) is 0 Å². The minimum absolute atomic E-state index is 0.00656. The van der Waals surface area contributed by atoms with Crippen LogP contribution in [0.4, 0.5) is 13.2 Å². The van der Waals surface area contributed by atoms with Gasteiger partial charge in [-0.25, -0.2) is 27.5 Å². The van der Waals surface area contributed by atoms with E-state index >= 15 is 0 Å². The molecule has 4 rings (SSSR count). The van der Waals surface area contributed by atoms with Crippen molar-refractivity contribution in [1.82, 2.24) is 18.7 Å². The number of nitrogens with zero attached hydrogens (tertiary/aromatic N) is 4. The monoisotopic (exact) mass is 428 g/mol. The van der Waals surface area contributed by atoms with Crippen LogP contribution in [0.1, 0.15) is 19.4 Å². The molecule has 0 bridgehead atoms. The van der Waals surface area contributed by atoms with Crippen LogP contribution in [-0.2, 0) is 13.1 Å². The fraction of sp³-hybridized carbons (Fsp3) is 0.227. The van der Waals surface area contributed by atoms with E-state index in [1.54, 1.807) is 0 Å². The Morgan fingerprint density at radius 1 is 0.968 bits per heavy atom. The number of fused-ring (bicyclic) bond motifs is 1. The number of imidazole rings is 1. The van der Waals surface area contributed by atoms with Gasteiger partial charge in [-0.2, -0.15) is 0 Å². The fourth-order valence-electron chi connectivity index (χ4n) is 3.48. The molecule has 160 valence electrons. The number of hydrogen-bond donors (Lipinski definition) is 0. The van der Waals surface area contributed by atoms with Crippen molar-refractivity contribution >= 4 is 11.2 Å². The van der Waals surface area contributed by atoms with Gasteiger partial charge in [0.15, 0.2) is 22.8 Å². The smallest absolute Gasteiger partial charge is 0.320 e. The van der Waals surface area contributed by atoms with Crippen molar-refractivity contribution in [3.8, 4) is 5.69 Å². The first-order chi connectivity index (χ1) is 14.8. The third-order valence-corrected chi connectivity index (χ3v) is 4.87. The van der Waals surface area contributed by atoms with Crippen molar-refractivity contribution in [1.29, 1.82) is 0 Å². The van der Waals surface area contributed by atoms with Crippen LogP contribution in [-0.4, -0.2) is 18.7 Å². The van der Waals surface area contributed by atoms with Crippen molar-refractivity contribution < 1.29 is 13.2 Å². The minimum atomic E-state index is -0.998. The summed E-state index contributed by atoms with van der Waals surface area (Å²) in [6, 6.07) is 8.74. The van der Waals surface area contributed by atoms with E-state index in [0.717, 1.165) is 16.7 Å². The fourth-order valence-corrected chi connectivity index (χ4v) is 3.48. The molecule has 2 aromatic heterocycles. The zero-order valence-corrected chi connectivity index (χ0v) is 16.8. The second kappa shape index (κ2) is 7.90. The minimum Gasteiger partial charge on any atom is -0.320 e. The van der Waals surface area contributed by atoms with E-state index in [1.807, 2.05) is 13.8 Å². The van der Waals surface area contributed by atoms with Crippen LogP contribution in [0.3, 0.4) is 0 Å². The molecule has 2 heterocycles. The van der Waals surface area contributed by atoms with Gasteiger partial charge in [0, 0.05) is 13.1 Å². The summed E-state index contributed by atoms with van der Waals surface area (Å²) in [5.74, 6) is -2.43. The zero-order valence-electron chi connectivity index (χ0n) is 16.8. The van der Waals surface area contributed by atoms with E-state index in [9.17, 15) is 22.8 Å². The topological polar surface area (TPSA) is 61.8 Å². The average Bonchev–Trinajstić information content (AvgIpc) is 3.12. The largest absolute Gasteiger partial charge is 0.337 e. The highest BCUT2D eigenvalue weighted by Crippen LogP contribution is 2.16. The first-order valence-electron chi connectivity index (χ1n) is 9.67. The number of halogens is 3. The summed E-state index contributed by atoms with van der Waals surface area (Å²) in [5, 5.41) is 0. The summed E-state index contributed by atoms with van der Waals surface area (Å²) in [4.78, 5) is 30.6. The molecule has 2 aromatic carbocycles. The van der Waals surface area contributed by atoms with E-state index in [0.29, 0.717) is 11.3 Å². The van der Waals surface area contributed by atoms with Crippen LogP contribution in [0, 0.1) is 23.4 Å². The second-order valence-corrected chi connectivity index (χ2v) is 7.70. The third kappa shape index (κ3) is 3.78. The Balaban J connectivity index is 1.97. The maximum Gasteiger partial charge on any atom is 0.337 e. The van der Waals surface area contributed by atoms with Crippen LogP contribution in [0.5, 0.6) is 0 Å². The number of rotatable bonds is 5. The lowest BCUT2D eigenvalue weighted by Gasteiger charge is -2.14.